The first-order chi connectivity index (χ1) is 8.29. The SMILES string of the molecule is CNc1ccc(C(=O)NC2CCCOC2)nc1. The molecule has 0 saturated carbocycles. The summed E-state index contributed by atoms with van der Waals surface area (Å²) < 4.78 is 5.31. The first kappa shape index (κ1) is 11.9. The van der Waals surface area contributed by atoms with Crippen molar-refractivity contribution in [3.63, 3.8) is 0 Å². The van der Waals surface area contributed by atoms with E-state index >= 15 is 0 Å². The molecule has 1 atom stereocenters. The van der Waals surface area contributed by atoms with Crippen LogP contribution in [0, 0.1) is 0 Å². The molecule has 17 heavy (non-hydrogen) atoms. The van der Waals surface area contributed by atoms with Gasteiger partial charge in [0.2, 0.25) is 0 Å². The van der Waals surface area contributed by atoms with Crippen molar-refractivity contribution >= 4 is 11.6 Å². The minimum absolute atomic E-state index is 0.113. The van der Waals surface area contributed by atoms with Gasteiger partial charge < -0.3 is 15.4 Å². The number of carbonyl (C=O) groups excluding carboxylic acids is 1. The molecule has 0 bridgehead atoms. The van der Waals surface area contributed by atoms with Crippen LogP contribution in [-0.2, 0) is 4.74 Å². The fourth-order valence-electron chi connectivity index (χ4n) is 1.79. The van der Waals surface area contributed by atoms with Crippen LogP contribution >= 0.6 is 0 Å². The lowest BCUT2D eigenvalue weighted by molar-refractivity contribution is 0.0622. The van der Waals surface area contributed by atoms with E-state index < -0.39 is 0 Å². The third kappa shape index (κ3) is 3.17. The van der Waals surface area contributed by atoms with Gasteiger partial charge in [0, 0.05) is 13.7 Å². The van der Waals surface area contributed by atoms with Crippen LogP contribution in [-0.4, -0.2) is 37.2 Å². The molecular weight excluding hydrogens is 218 g/mol. The largest absolute Gasteiger partial charge is 0.387 e. The number of ether oxygens (including phenoxy) is 1. The van der Waals surface area contributed by atoms with Crippen LogP contribution in [0.5, 0.6) is 0 Å². The molecule has 1 aliphatic rings. The first-order valence-electron chi connectivity index (χ1n) is 5.82. The van der Waals surface area contributed by atoms with E-state index in [9.17, 15) is 4.79 Å². The molecule has 1 saturated heterocycles. The highest BCUT2D eigenvalue weighted by Crippen LogP contribution is 2.08. The first-order valence-corrected chi connectivity index (χ1v) is 5.82. The third-order valence-corrected chi connectivity index (χ3v) is 2.78. The van der Waals surface area contributed by atoms with E-state index in [2.05, 4.69) is 15.6 Å². The normalized spacial score (nSPS) is 19.7. The van der Waals surface area contributed by atoms with E-state index in [-0.39, 0.29) is 11.9 Å². The van der Waals surface area contributed by atoms with Gasteiger partial charge in [-0.1, -0.05) is 0 Å². The van der Waals surface area contributed by atoms with Crippen molar-refractivity contribution in [2.75, 3.05) is 25.6 Å². The lowest BCUT2D eigenvalue weighted by Crippen LogP contribution is -2.40. The number of hydrogen-bond acceptors (Lipinski definition) is 4. The fraction of sp³-hybridized carbons (Fsp3) is 0.500. The van der Waals surface area contributed by atoms with Crippen molar-refractivity contribution < 1.29 is 9.53 Å². The molecule has 1 aromatic rings. The second-order valence-electron chi connectivity index (χ2n) is 4.07. The topological polar surface area (TPSA) is 63.2 Å². The van der Waals surface area contributed by atoms with Gasteiger partial charge >= 0.3 is 0 Å². The predicted molar refractivity (Wildman–Crippen MR) is 65.1 cm³/mol. The molecule has 1 amide bonds. The van der Waals surface area contributed by atoms with Crippen molar-refractivity contribution in [3.8, 4) is 0 Å². The van der Waals surface area contributed by atoms with E-state index in [0.29, 0.717) is 12.3 Å². The number of carbonyl (C=O) groups is 1. The molecule has 1 fully saturated rings. The van der Waals surface area contributed by atoms with Gasteiger partial charge in [0.25, 0.3) is 5.91 Å². The summed E-state index contributed by atoms with van der Waals surface area (Å²) in [4.78, 5) is 16.0. The predicted octanol–water partition coefficient (Wildman–Crippen LogP) is 1.03. The molecule has 5 heteroatoms. The van der Waals surface area contributed by atoms with Crippen molar-refractivity contribution in [2.24, 2.45) is 0 Å². The molecule has 0 radical (unpaired) electrons. The van der Waals surface area contributed by atoms with E-state index in [1.54, 1.807) is 12.3 Å². The van der Waals surface area contributed by atoms with Gasteiger partial charge in [-0.25, -0.2) is 4.98 Å². The second kappa shape index (κ2) is 5.63. The lowest BCUT2D eigenvalue weighted by atomic mass is 10.1. The maximum atomic E-state index is 11.9. The summed E-state index contributed by atoms with van der Waals surface area (Å²) in [5.41, 5.74) is 1.33. The quantitative estimate of drug-likeness (QED) is 0.821. The number of anilines is 1. The molecule has 0 spiro atoms. The Hall–Kier alpha value is -1.62. The summed E-state index contributed by atoms with van der Waals surface area (Å²) in [6.45, 7) is 1.39. The van der Waals surface area contributed by atoms with Crippen LogP contribution in [0.3, 0.4) is 0 Å². The number of nitrogens with one attached hydrogen (secondary N) is 2. The van der Waals surface area contributed by atoms with Crippen LogP contribution in [0.15, 0.2) is 18.3 Å². The molecule has 92 valence electrons. The van der Waals surface area contributed by atoms with Crippen LogP contribution in [0.4, 0.5) is 5.69 Å². The molecule has 1 aliphatic heterocycles. The Labute approximate surface area is 101 Å². The van der Waals surface area contributed by atoms with Gasteiger partial charge in [0.1, 0.15) is 5.69 Å². The fourth-order valence-corrected chi connectivity index (χ4v) is 1.79. The summed E-state index contributed by atoms with van der Waals surface area (Å²) in [5.74, 6) is -0.136. The number of nitrogens with zero attached hydrogens (tertiary/aromatic N) is 1. The summed E-state index contributed by atoms with van der Waals surface area (Å²) in [6.07, 6.45) is 3.61. The van der Waals surface area contributed by atoms with Crippen LogP contribution in [0.25, 0.3) is 0 Å². The number of amides is 1. The highest BCUT2D eigenvalue weighted by molar-refractivity contribution is 5.92. The van der Waals surface area contributed by atoms with Gasteiger partial charge in [0.05, 0.1) is 24.5 Å². The molecule has 5 nitrogen and oxygen atoms in total. The monoisotopic (exact) mass is 235 g/mol. The molecular formula is C12H17N3O2. The van der Waals surface area contributed by atoms with Crippen LogP contribution in [0.2, 0.25) is 0 Å². The van der Waals surface area contributed by atoms with Crippen molar-refractivity contribution in [3.05, 3.63) is 24.0 Å². The highest BCUT2D eigenvalue weighted by atomic mass is 16.5. The van der Waals surface area contributed by atoms with E-state index in [1.165, 1.54) is 0 Å². The summed E-state index contributed by atoms with van der Waals surface area (Å²) >= 11 is 0. The van der Waals surface area contributed by atoms with Crippen molar-refractivity contribution in [1.29, 1.82) is 0 Å². The van der Waals surface area contributed by atoms with Crippen molar-refractivity contribution in [2.45, 2.75) is 18.9 Å². The van der Waals surface area contributed by atoms with Gasteiger partial charge in [-0.3, -0.25) is 4.79 Å². The minimum atomic E-state index is -0.136. The average Bonchev–Trinajstić information content (AvgIpc) is 2.40. The van der Waals surface area contributed by atoms with Gasteiger partial charge in [-0.05, 0) is 25.0 Å². The molecule has 0 aliphatic carbocycles. The maximum Gasteiger partial charge on any atom is 0.270 e. The Morgan fingerprint density at radius 2 is 2.41 bits per heavy atom. The van der Waals surface area contributed by atoms with Gasteiger partial charge in [-0.2, -0.15) is 0 Å². The van der Waals surface area contributed by atoms with Crippen LogP contribution in [0.1, 0.15) is 23.3 Å². The standard InChI is InChI=1S/C12H17N3O2/c1-13-9-4-5-11(14-7-9)12(16)15-10-3-2-6-17-8-10/h4-5,7,10,13H,2-3,6,8H2,1H3,(H,15,16). The Kier molecular flexibility index (Phi) is 3.93. The Morgan fingerprint density at radius 1 is 1.53 bits per heavy atom. The second-order valence-corrected chi connectivity index (χ2v) is 4.07. The van der Waals surface area contributed by atoms with Gasteiger partial charge in [-0.15, -0.1) is 0 Å². The van der Waals surface area contributed by atoms with Gasteiger partial charge in [0.15, 0.2) is 0 Å². The average molecular weight is 235 g/mol. The zero-order chi connectivity index (χ0) is 12.1. The zero-order valence-corrected chi connectivity index (χ0v) is 9.90. The molecule has 0 aromatic carbocycles. The molecule has 1 aromatic heterocycles. The van der Waals surface area contributed by atoms with E-state index in [4.69, 9.17) is 4.74 Å². The van der Waals surface area contributed by atoms with E-state index in [0.717, 1.165) is 25.1 Å². The molecule has 2 heterocycles. The number of pyridine rings is 1. The van der Waals surface area contributed by atoms with Crippen LogP contribution < -0.4 is 10.6 Å². The lowest BCUT2D eigenvalue weighted by Gasteiger charge is -2.22. The summed E-state index contributed by atoms with van der Waals surface area (Å²) in [7, 11) is 1.82. The number of aromatic nitrogens is 1. The zero-order valence-electron chi connectivity index (χ0n) is 9.90. The summed E-state index contributed by atoms with van der Waals surface area (Å²) in [6, 6.07) is 3.66. The minimum Gasteiger partial charge on any atom is -0.387 e. The Morgan fingerprint density at radius 3 is 3.00 bits per heavy atom. The molecule has 2 N–H and O–H groups in total. The molecule has 2 rings (SSSR count). The summed E-state index contributed by atoms with van der Waals surface area (Å²) in [5, 5.41) is 5.89. The Balaban J connectivity index is 1.93. The van der Waals surface area contributed by atoms with E-state index in [1.807, 2.05) is 13.1 Å². The van der Waals surface area contributed by atoms with Crippen molar-refractivity contribution in [1.82, 2.24) is 10.3 Å². The molecule has 1 unspecified atom stereocenters. The smallest absolute Gasteiger partial charge is 0.270 e. The number of rotatable bonds is 3. The maximum absolute atomic E-state index is 11.9. The number of hydrogen-bond donors (Lipinski definition) is 2. The Bertz CT molecular complexity index is 372. The highest BCUT2D eigenvalue weighted by Gasteiger charge is 2.17. The third-order valence-electron chi connectivity index (χ3n) is 2.78.